The second kappa shape index (κ2) is 8.20. The minimum Gasteiger partial charge on any atom is -0.419 e. The van der Waals surface area contributed by atoms with Crippen LogP contribution < -0.4 is 5.32 Å². The van der Waals surface area contributed by atoms with Gasteiger partial charge in [-0.2, -0.15) is 0 Å². The van der Waals surface area contributed by atoms with Crippen LogP contribution in [0.3, 0.4) is 0 Å². The van der Waals surface area contributed by atoms with Crippen LogP contribution >= 0.6 is 0 Å². The fourth-order valence-electron chi connectivity index (χ4n) is 2.46. The first-order chi connectivity index (χ1) is 9.04. The fraction of sp³-hybridized carbons (Fsp3) is 0.800. The Morgan fingerprint density at radius 1 is 1.37 bits per heavy atom. The molecule has 1 amide bonds. The van der Waals surface area contributed by atoms with Gasteiger partial charge in [0.05, 0.1) is 6.26 Å². The van der Waals surface area contributed by atoms with E-state index in [1.807, 2.05) is 13.0 Å². The van der Waals surface area contributed by atoms with Crippen LogP contribution in [0.4, 0.5) is 4.79 Å². The molecule has 0 radical (unpaired) electrons. The maximum Gasteiger partial charge on any atom is 0.412 e. The largest absolute Gasteiger partial charge is 0.419 e. The topological polar surface area (TPSA) is 41.6 Å². The van der Waals surface area contributed by atoms with Crippen molar-refractivity contribution >= 4 is 6.09 Å². The second-order valence-electron chi connectivity index (χ2n) is 5.59. The molecule has 0 bridgehead atoms. The molecule has 1 rings (SSSR count). The summed E-state index contributed by atoms with van der Waals surface area (Å²) in [5, 5.41) is 2.94. The van der Waals surface area contributed by atoms with E-state index in [4.69, 9.17) is 4.74 Å². The van der Waals surface area contributed by atoms with Crippen LogP contribution in [0, 0.1) is 0 Å². The molecule has 1 aliphatic rings. The van der Waals surface area contributed by atoms with Crippen LogP contribution in [-0.2, 0) is 4.74 Å². The molecule has 1 fully saturated rings. The first-order valence-corrected chi connectivity index (χ1v) is 7.38. The van der Waals surface area contributed by atoms with E-state index < -0.39 is 0 Å². The van der Waals surface area contributed by atoms with Gasteiger partial charge in [-0.15, -0.1) is 0 Å². The van der Waals surface area contributed by atoms with E-state index in [9.17, 15) is 4.79 Å². The molecule has 0 atom stereocenters. The number of rotatable bonds is 5. The van der Waals surface area contributed by atoms with Crippen LogP contribution in [0.5, 0.6) is 0 Å². The SMILES string of the molecule is CC/C=C\OC(=O)NC1CCC(N(C)C(C)C)CC1. The summed E-state index contributed by atoms with van der Waals surface area (Å²) in [4.78, 5) is 13.9. The van der Waals surface area contributed by atoms with Gasteiger partial charge in [0.1, 0.15) is 0 Å². The summed E-state index contributed by atoms with van der Waals surface area (Å²) < 4.78 is 4.96. The van der Waals surface area contributed by atoms with Gasteiger partial charge in [0.2, 0.25) is 0 Å². The Bertz CT molecular complexity index is 295. The Balaban J connectivity index is 2.26. The van der Waals surface area contributed by atoms with Gasteiger partial charge < -0.3 is 15.0 Å². The molecule has 110 valence electrons. The zero-order valence-corrected chi connectivity index (χ0v) is 12.7. The van der Waals surface area contributed by atoms with Crippen LogP contribution in [0.15, 0.2) is 12.3 Å². The molecular formula is C15H28N2O2. The van der Waals surface area contributed by atoms with Gasteiger partial charge in [-0.25, -0.2) is 4.79 Å². The lowest BCUT2D eigenvalue weighted by molar-refractivity contribution is 0.136. The van der Waals surface area contributed by atoms with Crippen molar-refractivity contribution in [2.45, 2.75) is 71.0 Å². The third kappa shape index (κ3) is 5.64. The summed E-state index contributed by atoms with van der Waals surface area (Å²) in [5.41, 5.74) is 0. The number of alkyl carbamates (subject to hydrolysis) is 1. The highest BCUT2D eigenvalue weighted by atomic mass is 16.5. The highest BCUT2D eigenvalue weighted by Crippen LogP contribution is 2.23. The molecule has 0 saturated heterocycles. The van der Waals surface area contributed by atoms with Crippen molar-refractivity contribution in [2.24, 2.45) is 0 Å². The van der Waals surface area contributed by atoms with Crippen LogP contribution in [0.2, 0.25) is 0 Å². The lowest BCUT2D eigenvalue weighted by Gasteiger charge is -2.36. The predicted molar refractivity (Wildman–Crippen MR) is 78.0 cm³/mol. The van der Waals surface area contributed by atoms with Gasteiger partial charge in [-0.3, -0.25) is 0 Å². The highest BCUT2D eigenvalue weighted by Gasteiger charge is 2.26. The maximum absolute atomic E-state index is 11.5. The average Bonchev–Trinajstić information content (AvgIpc) is 2.39. The first kappa shape index (κ1) is 16.0. The lowest BCUT2D eigenvalue weighted by atomic mass is 9.90. The van der Waals surface area contributed by atoms with Gasteiger partial charge in [0.25, 0.3) is 0 Å². The zero-order valence-electron chi connectivity index (χ0n) is 12.7. The van der Waals surface area contributed by atoms with Gasteiger partial charge in [0, 0.05) is 18.1 Å². The summed E-state index contributed by atoms with van der Waals surface area (Å²) in [5.74, 6) is 0. The number of hydrogen-bond donors (Lipinski definition) is 1. The maximum atomic E-state index is 11.5. The number of amides is 1. The van der Waals surface area contributed by atoms with E-state index in [1.165, 1.54) is 6.26 Å². The van der Waals surface area contributed by atoms with Crippen molar-refractivity contribution in [3.05, 3.63) is 12.3 Å². The quantitative estimate of drug-likeness (QED) is 0.778. The van der Waals surface area contributed by atoms with Crippen LogP contribution in [0.1, 0.15) is 52.9 Å². The van der Waals surface area contributed by atoms with E-state index in [-0.39, 0.29) is 12.1 Å². The molecule has 1 saturated carbocycles. The van der Waals surface area contributed by atoms with Crippen molar-refractivity contribution in [3.63, 3.8) is 0 Å². The van der Waals surface area contributed by atoms with Gasteiger partial charge in [-0.1, -0.05) is 6.92 Å². The number of ether oxygens (including phenoxy) is 1. The van der Waals surface area contributed by atoms with Gasteiger partial charge >= 0.3 is 6.09 Å². The summed E-state index contributed by atoms with van der Waals surface area (Å²) in [6.45, 7) is 6.45. The monoisotopic (exact) mass is 268 g/mol. The zero-order chi connectivity index (χ0) is 14.3. The van der Waals surface area contributed by atoms with E-state index >= 15 is 0 Å². The molecule has 4 nitrogen and oxygen atoms in total. The van der Waals surface area contributed by atoms with Gasteiger partial charge in [0.15, 0.2) is 0 Å². The smallest absolute Gasteiger partial charge is 0.412 e. The molecular weight excluding hydrogens is 240 g/mol. The molecule has 0 heterocycles. The number of carbonyl (C=O) groups excluding carboxylic acids is 1. The summed E-state index contributed by atoms with van der Waals surface area (Å²) in [7, 11) is 2.19. The summed E-state index contributed by atoms with van der Waals surface area (Å²) in [6, 6.07) is 1.49. The Kier molecular flexibility index (Phi) is 6.92. The lowest BCUT2D eigenvalue weighted by Crippen LogP contribution is -2.44. The minimum atomic E-state index is -0.328. The third-order valence-electron chi connectivity index (χ3n) is 3.92. The standard InChI is InChI=1S/C15H28N2O2/c1-5-6-11-19-15(18)16-13-7-9-14(10-8-13)17(4)12(2)3/h6,11-14H,5,7-10H2,1-4H3,(H,16,18)/b11-6-. The molecule has 4 heteroatoms. The fourth-order valence-corrected chi connectivity index (χ4v) is 2.46. The van der Waals surface area contributed by atoms with E-state index in [0.717, 1.165) is 32.1 Å². The molecule has 0 unspecified atom stereocenters. The second-order valence-corrected chi connectivity index (χ2v) is 5.59. The van der Waals surface area contributed by atoms with Gasteiger partial charge in [-0.05, 0) is 59.1 Å². The number of nitrogens with one attached hydrogen (secondary N) is 1. The number of hydrogen-bond acceptors (Lipinski definition) is 3. The highest BCUT2D eigenvalue weighted by molar-refractivity contribution is 5.68. The molecule has 19 heavy (non-hydrogen) atoms. The Hall–Kier alpha value is -1.03. The Morgan fingerprint density at radius 2 is 2.00 bits per heavy atom. The van der Waals surface area contributed by atoms with E-state index in [2.05, 4.69) is 31.1 Å². The van der Waals surface area contributed by atoms with Crippen molar-refractivity contribution in [1.29, 1.82) is 0 Å². The average molecular weight is 268 g/mol. The Morgan fingerprint density at radius 3 is 2.53 bits per heavy atom. The molecule has 0 aliphatic heterocycles. The normalized spacial score (nSPS) is 24.1. The molecule has 1 aliphatic carbocycles. The molecule has 0 spiro atoms. The summed E-state index contributed by atoms with van der Waals surface area (Å²) in [6.07, 6.45) is 8.20. The van der Waals surface area contributed by atoms with Crippen molar-refractivity contribution < 1.29 is 9.53 Å². The molecule has 0 aromatic rings. The van der Waals surface area contributed by atoms with E-state index in [1.54, 1.807) is 0 Å². The first-order valence-electron chi connectivity index (χ1n) is 7.38. The van der Waals surface area contributed by atoms with E-state index in [0.29, 0.717) is 12.1 Å². The van der Waals surface area contributed by atoms with Crippen molar-refractivity contribution in [1.82, 2.24) is 10.2 Å². The molecule has 0 aromatic carbocycles. The van der Waals surface area contributed by atoms with Crippen LogP contribution in [-0.4, -0.2) is 36.2 Å². The number of allylic oxidation sites excluding steroid dienone is 1. The molecule has 1 N–H and O–H groups in total. The predicted octanol–water partition coefficient (Wildman–Crippen LogP) is 3.29. The number of carbonyl (C=O) groups is 1. The van der Waals surface area contributed by atoms with Crippen molar-refractivity contribution in [2.75, 3.05) is 7.05 Å². The van der Waals surface area contributed by atoms with Crippen LogP contribution in [0.25, 0.3) is 0 Å². The minimum absolute atomic E-state index is 0.263. The number of nitrogens with zero attached hydrogens (tertiary/aromatic N) is 1. The summed E-state index contributed by atoms with van der Waals surface area (Å²) >= 11 is 0. The third-order valence-corrected chi connectivity index (χ3v) is 3.92. The van der Waals surface area contributed by atoms with Crippen molar-refractivity contribution in [3.8, 4) is 0 Å². The molecule has 0 aromatic heterocycles. The Labute approximate surface area is 117 Å².